The van der Waals surface area contributed by atoms with Gasteiger partial charge in [-0.2, -0.15) is 0 Å². The fourth-order valence-corrected chi connectivity index (χ4v) is 0.910. The number of nitrogens with one attached hydrogen (secondary N) is 1. The maximum Gasteiger partial charge on any atom is 0.125 e. The first kappa shape index (κ1) is 9.00. The van der Waals surface area contributed by atoms with E-state index >= 15 is 0 Å². The Morgan fingerprint density at radius 3 is 2.92 bits per heavy atom. The van der Waals surface area contributed by atoms with Crippen LogP contribution < -0.4 is 5.32 Å². The summed E-state index contributed by atoms with van der Waals surface area (Å²) in [7, 11) is 0. The summed E-state index contributed by atoms with van der Waals surface area (Å²) < 4.78 is 12.6. The van der Waals surface area contributed by atoms with Gasteiger partial charge in [0.1, 0.15) is 5.82 Å². The zero-order chi connectivity index (χ0) is 8.81. The molecule has 0 unspecified atom stereocenters. The van der Waals surface area contributed by atoms with Crippen LogP contribution >= 0.6 is 0 Å². The van der Waals surface area contributed by atoms with Gasteiger partial charge >= 0.3 is 0 Å². The summed E-state index contributed by atoms with van der Waals surface area (Å²) in [6.45, 7) is 0.822. The van der Waals surface area contributed by atoms with Crippen molar-refractivity contribution in [1.82, 2.24) is 0 Å². The molecule has 0 radical (unpaired) electrons. The highest BCUT2D eigenvalue weighted by molar-refractivity contribution is 5.42. The second kappa shape index (κ2) is 4.72. The van der Waals surface area contributed by atoms with Crippen LogP contribution in [0.2, 0.25) is 0 Å². The lowest BCUT2D eigenvalue weighted by molar-refractivity contribution is 0.292. The van der Waals surface area contributed by atoms with Crippen molar-refractivity contribution in [1.29, 1.82) is 0 Å². The smallest absolute Gasteiger partial charge is 0.125 e. The molecule has 0 heterocycles. The number of halogens is 1. The SMILES string of the molecule is OCCCNc1cccc(F)c1. The minimum atomic E-state index is -0.246. The Balaban J connectivity index is 2.41. The molecular weight excluding hydrogens is 157 g/mol. The zero-order valence-corrected chi connectivity index (χ0v) is 6.76. The molecule has 1 aromatic carbocycles. The molecule has 0 amide bonds. The summed E-state index contributed by atoms with van der Waals surface area (Å²) >= 11 is 0. The second-order valence-electron chi connectivity index (χ2n) is 2.51. The van der Waals surface area contributed by atoms with Gasteiger partial charge in [-0.15, -0.1) is 0 Å². The normalized spacial score (nSPS) is 9.83. The molecule has 1 rings (SSSR count). The lowest BCUT2D eigenvalue weighted by Gasteiger charge is -2.03. The van der Waals surface area contributed by atoms with E-state index in [0.717, 1.165) is 5.69 Å². The zero-order valence-electron chi connectivity index (χ0n) is 6.76. The Hall–Kier alpha value is -1.09. The predicted molar refractivity (Wildman–Crippen MR) is 46.6 cm³/mol. The molecular formula is C9H12FNO. The molecule has 0 bridgehead atoms. The van der Waals surface area contributed by atoms with Crippen LogP contribution in [0.25, 0.3) is 0 Å². The van der Waals surface area contributed by atoms with Crippen LogP contribution in [0.3, 0.4) is 0 Å². The third kappa shape index (κ3) is 2.88. The van der Waals surface area contributed by atoms with Gasteiger partial charge < -0.3 is 10.4 Å². The summed E-state index contributed by atoms with van der Waals surface area (Å²) in [5.74, 6) is -0.246. The predicted octanol–water partition coefficient (Wildman–Crippen LogP) is 1.62. The van der Waals surface area contributed by atoms with Crippen LogP contribution in [0.1, 0.15) is 6.42 Å². The third-order valence-electron chi connectivity index (χ3n) is 1.49. The lowest BCUT2D eigenvalue weighted by Crippen LogP contribution is -2.03. The largest absolute Gasteiger partial charge is 0.396 e. The molecule has 2 nitrogen and oxygen atoms in total. The van der Waals surface area contributed by atoms with Crippen molar-refractivity contribution in [2.45, 2.75) is 6.42 Å². The minimum Gasteiger partial charge on any atom is -0.396 e. The monoisotopic (exact) mass is 169 g/mol. The highest BCUT2D eigenvalue weighted by Gasteiger charge is 1.92. The summed E-state index contributed by atoms with van der Waals surface area (Å²) in [6, 6.07) is 6.27. The standard InChI is InChI=1S/C9H12FNO/c10-8-3-1-4-9(7-8)11-5-2-6-12/h1,3-4,7,11-12H,2,5-6H2. The van der Waals surface area contributed by atoms with Crippen LogP contribution in [-0.2, 0) is 0 Å². The van der Waals surface area contributed by atoms with Crippen molar-refractivity contribution < 1.29 is 9.50 Å². The van der Waals surface area contributed by atoms with Gasteiger partial charge in [0.15, 0.2) is 0 Å². The van der Waals surface area contributed by atoms with Crippen LogP contribution in [0, 0.1) is 5.82 Å². The van der Waals surface area contributed by atoms with E-state index < -0.39 is 0 Å². The van der Waals surface area contributed by atoms with Crippen LogP contribution in [0.5, 0.6) is 0 Å². The highest BCUT2D eigenvalue weighted by Crippen LogP contribution is 2.08. The lowest BCUT2D eigenvalue weighted by atomic mass is 10.3. The number of anilines is 1. The molecule has 0 aliphatic heterocycles. The molecule has 1 aromatic rings. The van der Waals surface area contributed by atoms with Gasteiger partial charge in [-0.05, 0) is 24.6 Å². The molecule has 0 spiro atoms. The Morgan fingerprint density at radius 1 is 1.42 bits per heavy atom. The van der Waals surface area contributed by atoms with E-state index in [0.29, 0.717) is 13.0 Å². The molecule has 12 heavy (non-hydrogen) atoms. The molecule has 66 valence electrons. The Kier molecular flexibility index (Phi) is 3.54. The fraction of sp³-hybridized carbons (Fsp3) is 0.333. The van der Waals surface area contributed by atoms with E-state index in [-0.39, 0.29) is 12.4 Å². The second-order valence-corrected chi connectivity index (χ2v) is 2.51. The molecule has 0 saturated carbocycles. The molecule has 3 heteroatoms. The number of hydrogen-bond donors (Lipinski definition) is 2. The molecule has 2 N–H and O–H groups in total. The van der Waals surface area contributed by atoms with Gasteiger partial charge in [-0.25, -0.2) is 4.39 Å². The maximum atomic E-state index is 12.6. The molecule has 0 aliphatic carbocycles. The van der Waals surface area contributed by atoms with E-state index in [1.54, 1.807) is 12.1 Å². The first-order chi connectivity index (χ1) is 5.83. The van der Waals surface area contributed by atoms with E-state index in [4.69, 9.17) is 5.11 Å². The maximum absolute atomic E-state index is 12.6. The Labute approximate surface area is 71.0 Å². The van der Waals surface area contributed by atoms with Gasteiger partial charge in [-0.1, -0.05) is 6.07 Å². The van der Waals surface area contributed by atoms with Gasteiger partial charge in [-0.3, -0.25) is 0 Å². The van der Waals surface area contributed by atoms with Crippen molar-refractivity contribution in [3.05, 3.63) is 30.1 Å². The van der Waals surface area contributed by atoms with Gasteiger partial charge in [0.05, 0.1) is 0 Å². The average molecular weight is 169 g/mol. The molecule has 0 aliphatic rings. The molecule has 0 saturated heterocycles. The van der Waals surface area contributed by atoms with E-state index in [9.17, 15) is 4.39 Å². The molecule has 0 atom stereocenters. The van der Waals surface area contributed by atoms with Crippen molar-refractivity contribution in [2.75, 3.05) is 18.5 Å². The van der Waals surface area contributed by atoms with Crippen LogP contribution in [-0.4, -0.2) is 18.3 Å². The van der Waals surface area contributed by atoms with E-state index in [1.165, 1.54) is 12.1 Å². The number of aliphatic hydroxyl groups is 1. The van der Waals surface area contributed by atoms with Crippen LogP contribution in [0.15, 0.2) is 24.3 Å². The Bertz CT molecular complexity index is 240. The van der Waals surface area contributed by atoms with Crippen molar-refractivity contribution in [2.24, 2.45) is 0 Å². The Morgan fingerprint density at radius 2 is 2.25 bits per heavy atom. The van der Waals surface area contributed by atoms with E-state index in [1.807, 2.05) is 0 Å². The van der Waals surface area contributed by atoms with Gasteiger partial charge in [0, 0.05) is 18.8 Å². The third-order valence-corrected chi connectivity index (χ3v) is 1.49. The quantitative estimate of drug-likeness (QED) is 0.671. The molecule has 0 aromatic heterocycles. The number of benzene rings is 1. The topological polar surface area (TPSA) is 32.3 Å². The highest BCUT2D eigenvalue weighted by atomic mass is 19.1. The first-order valence-electron chi connectivity index (χ1n) is 3.93. The summed E-state index contributed by atoms with van der Waals surface area (Å²) in [5.41, 5.74) is 0.753. The summed E-state index contributed by atoms with van der Waals surface area (Å²) in [6.07, 6.45) is 0.677. The minimum absolute atomic E-state index is 0.155. The number of aliphatic hydroxyl groups excluding tert-OH is 1. The van der Waals surface area contributed by atoms with Crippen molar-refractivity contribution >= 4 is 5.69 Å². The van der Waals surface area contributed by atoms with Crippen molar-refractivity contribution in [3.63, 3.8) is 0 Å². The number of hydrogen-bond acceptors (Lipinski definition) is 2. The van der Waals surface area contributed by atoms with E-state index in [2.05, 4.69) is 5.32 Å². The van der Waals surface area contributed by atoms with Gasteiger partial charge in [0.25, 0.3) is 0 Å². The average Bonchev–Trinajstić information content (AvgIpc) is 2.05. The fourth-order valence-electron chi connectivity index (χ4n) is 0.910. The van der Waals surface area contributed by atoms with Gasteiger partial charge in [0.2, 0.25) is 0 Å². The van der Waals surface area contributed by atoms with Crippen molar-refractivity contribution in [3.8, 4) is 0 Å². The summed E-state index contributed by atoms with van der Waals surface area (Å²) in [5, 5.41) is 11.5. The first-order valence-corrected chi connectivity index (χ1v) is 3.93. The van der Waals surface area contributed by atoms with Crippen LogP contribution in [0.4, 0.5) is 10.1 Å². The summed E-state index contributed by atoms with van der Waals surface area (Å²) in [4.78, 5) is 0. The number of rotatable bonds is 4. The molecule has 0 fully saturated rings.